The van der Waals surface area contributed by atoms with Crippen molar-refractivity contribution in [1.29, 1.82) is 0 Å². The first kappa shape index (κ1) is 16.2. The molecule has 2 nitrogen and oxygen atoms in total. The predicted molar refractivity (Wildman–Crippen MR) is 84.6 cm³/mol. The molecule has 0 saturated carbocycles. The smallest absolute Gasteiger partial charge is 0.00188 e. The summed E-state index contributed by atoms with van der Waals surface area (Å²) < 4.78 is 0. The highest BCUT2D eigenvalue weighted by Gasteiger charge is 2.02. The lowest BCUT2D eigenvalue weighted by Gasteiger charge is -2.17. The number of nitrogens with zero attached hydrogens (tertiary/aromatic N) is 1. The Balaban J connectivity index is 2.27. The maximum Gasteiger partial charge on any atom is 0.00188 e. The lowest BCUT2D eigenvalue weighted by atomic mass is 10.0. The van der Waals surface area contributed by atoms with Crippen molar-refractivity contribution in [2.75, 3.05) is 20.1 Å². The minimum atomic E-state index is 0.331. The van der Waals surface area contributed by atoms with Gasteiger partial charge >= 0.3 is 0 Å². The molecule has 0 amide bonds. The highest BCUT2D eigenvalue weighted by Crippen LogP contribution is 2.15. The van der Waals surface area contributed by atoms with Crippen molar-refractivity contribution in [3.05, 3.63) is 35.4 Å². The molecular weight excluding hydrogens is 232 g/mol. The van der Waals surface area contributed by atoms with Crippen LogP contribution in [-0.2, 0) is 6.42 Å². The van der Waals surface area contributed by atoms with E-state index in [1.54, 1.807) is 0 Å². The molecule has 2 heteroatoms. The summed E-state index contributed by atoms with van der Waals surface area (Å²) >= 11 is 0. The molecule has 0 saturated heterocycles. The van der Waals surface area contributed by atoms with Crippen molar-refractivity contribution >= 4 is 0 Å². The van der Waals surface area contributed by atoms with Crippen LogP contribution in [0.5, 0.6) is 0 Å². The van der Waals surface area contributed by atoms with Crippen LogP contribution < -0.4 is 5.73 Å². The lowest BCUT2D eigenvalue weighted by Crippen LogP contribution is -2.24. The van der Waals surface area contributed by atoms with E-state index in [0.717, 1.165) is 25.9 Å². The van der Waals surface area contributed by atoms with E-state index in [1.807, 2.05) is 0 Å². The molecule has 1 aromatic carbocycles. The van der Waals surface area contributed by atoms with E-state index in [9.17, 15) is 0 Å². The van der Waals surface area contributed by atoms with Crippen LogP contribution in [0.25, 0.3) is 0 Å². The topological polar surface area (TPSA) is 29.3 Å². The SMILES string of the molecule is CC(N)CCCN(C)CCc1ccc(C(C)C)cc1. The molecule has 1 rings (SSSR count). The van der Waals surface area contributed by atoms with Crippen LogP contribution in [0.3, 0.4) is 0 Å². The molecule has 0 fully saturated rings. The summed E-state index contributed by atoms with van der Waals surface area (Å²) in [7, 11) is 2.20. The Kier molecular flexibility index (Phi) is 7.11. The van der Waals surface area contributed by atoms with Gasteiger partial charge < -0.3 is 10.6 Å². The number of benzene rings is 1. The van der Waals surface area contributed by atoms with Crippen LogP contribution in [0.4, 0.5) is 0 Å². The van der Waals surface area contributed by atoms with Crippen LogP contribution in [0.2, 0.25) is 0 Å². The van der Waals surface area contributed by atoms with Crippen LogP contribution in [0.15, 0.2) is 24.3 Å². The van der Waals surface area contributed by atoms with E-state index in [2.05, 4.69) is 57.0 Å². The van der Waals surface area contributed by atoms with E-state index in [4.69, 9.17) is 5.73 Å². The molecule has 0 aliphatic rings. The molecule has 0 aliphatic heterocycles. The van der Waals surface area contributed by atoms with Crippen molar-refractivity contribution in [3.8, 4) is 0 Å². The second kappa shape index (κ2) is 8.34. The van der Waals surface area contributed by atoms with E-state index >= 15 is 0 Å². The number of hydrogen-bond acceptors (Lipinski definition) is 2. The molecule has 19 heavy (non-hydrogen) atoms. The zero-order chi connectivity index (χ0) is 14.3. The van der Waals surface area contributed by atoms with Crippen LogP contribution in [0, 0.1) is 0 Å². The Morgan fingerprint density at radius 1 is 1.05 bits per heavy atom. The number of hydrogen-bond donors (Lipinski definition) is 1. The fourth-order valence-corrected chi connectivity index (χ4v) is 2.18. The highest BCUT2D eigenvalue weighted by molar-refractivity contribution is 5.24. The van der Waals surface area contributed by atoms with E-state index in [-0.39, 0.29) is 0 Å². The molecule has 0 aliphatic carbocycles. The highest BCUT2D eigenvalue weighted by atomic mass is 15.1. The molecule has 108 valence electrons. The van der Waals surface area contributed by atoms with Gasteiger partial charge in [0.2, 0.25) is 0 Å². The van der Waals surface area contributed by atoms with Gasteiger partial charge in [0, 0.05) is 12.6 Å². The number of likely N-dealkylation sites (N-methyl/N-ethyl adjacent to an activating group) is 1. The first-order valence-electron chi connectivity index (χ1n) is 7.52. The van der Waals surface area contributed by atoms with Crippen molar-refractivity contribution < 1.29 is 0 Å². The molecule has 0 radical (unpaired) electrons. The van der Waals surface area contributed by atoms with Crippen molar-refractivity contribution in [3.63, 3.8) is 0 Å². The summed E-state index contributed by atoms with van der Waals surface area (Å²) in [5, 5.41) is 0. The Morgan fingerprint density at radius 2 is 1.68 bits per heavy atom. The monoisotopic (exact) mass is 262 g/mol. The van der Waals surface area contributed by atoms with Crippen LogP contribution in [0.1, 0.15) is 50.7 Å². The van der Waals surface area contributed by atoms with Crippen LogP contribution >= 0.6 is 0 Å². The van der Waals surface area contributed by atoms with Gasteiger partial charge in [-0.2, -0.15) is 0 Å². The Bertz CT molecular complexity index is 341. The van der Waals surface area contributed by atoms with Gasteiger partial charge in [-0.3, -0.25) is 0 Å². The van der Waals surface area contributed by atoms with Gasteiger partial charge in [-0.05, 0) is 56.8 Å². The summed E-state index contributed by atoms with van der Waals surface area (Å²) in [5.41, 5.74) is 8.62. The maximum atomic E-state index is 5.76. The first-order valence-corrected chi connectivity index (χ1v) is 7.52. The average molecular weight is 262 g/mol. The Hall–Kier alpha value is -0.860. The van der Waals surface area contributed by atoms with E-state index in [1.165, 1.54) is 17.5 Å². The summed E-state index contributed by atoms with van der Waals surface area (Å²) in [6, 6.07) is 9.39. The Morgan fingerprint density at radius 3 is 2.21 bits per heavy atom. The lowest BCUT2D eigenvalue weighted by molar-refractivity contribution is 0.326. The van der Waals surface area contributed by atoms with Crippen molar-refractivity contribution in [1.82, 2.24) is 4.90 Å². The van der Waals surface area contributed by atoms with Gasteiger partial charge in [-0.25, -0.2) is 0 Å². The fourth-order valence-electron chi connectivity index (χ4n) is 2.18. The third kappa shape index (κ3) is 6.74. The molecule has 0 bridgehead atoms. The predicted octanol–water partition coefficient (Wildman–Crippen LogP) is 3.41. The molecule has 1 aromatic rings. The summed E-state index contributed by atoms with van der Waals surface area (Å²) in [5.74, 6) is 0.620. The fraction of sp³-hybridized carbons (Fsp3) is 0.647. The maximum absolute atomic E-state index is 5.76. The summed E-state index contributed by atoms with van der Waals surface area (Å²) in [6.07, 6.45) is 3.45. The van der Waals surface area contributed by atoms with E-state index < -0.39 is 0 Å². The summed E-state index contributed by atoms with van der Waals surface area (Å²) in [4.78, 5) is 2.40. The van der Waals surface area contributed by atoms with E-state index in [0.29, 0.717) is 12.0 Å². The van der Waals surface area contributed by atoms with Crippen molar-refractivity contribution in [2.45, 2.75) is 52.0 Å². The molecule has 2 N–H and O–H groups in total. The molecule has 1 unspecified atom stereocenters. The molecular formula is C17H30N2. The quantitative estimate of drug-likeness (QED) is 0.778. The summed E-state index contributed by atoms with van der Waals surface area (Å²) in [6.45, 7) is 8.82. The first-order chi connectivity index (χ1) is 8.99. The second-order valence-corrected chi connectivity index (χ2v) is 6.07. The van der Waals surface area contributed by atoms with Gasteiger partial charge in [0.25, 0.3) is 0 Å². The average Bonchev–Trinajstić information content (AvgIpc) is 2.36. The van der Waals surface area contributed by atoms with Crippen molar-refractivity contribution in [2.24, 2.45) is 5.73 Å². The molecule has 0 heterocycles. The molecule has 0 aromatic heterocycles. The largest absolute Gasteiger partial charge is 0.328 e. The molecule has 0 spiro atoms. The Labute approximate surface area is 119 Å². The van der Waals surface area contributed by atoms with Gasteiger partial charge in [0.05, 0.1) is 0 Å². The second-order valence-electron chi connectivity index (χ2n) is 6.07. The van der Waals surface area contributed by atoms with Gasteiger partial charge in [0.15, 0.2) is 0 Å². The number of nitrogens with two attached hydrogens (primary N) is 1. The standard InChI is InChI=1S/C17H30N2/c1-14(2)17-9-7-16(8-10-17)11-13-19(4)12-5-6-15(3)18/h7-10,14-15H,5-6,11-13,18H2,1-4H3. The number of rotatable bonds is 8. The van der Waals surface area contributed by atoms with Gasteiger partial charge in [0.1, 0.15) is 0 Å². The minimum Gasteiger partial charge on any atom is -0.328 e. The third-order valence-electron chi connectivity index (χ3n) is 3.63. The molecule has 1 atom stereocenters. The zero-order valence-electron chi connectivity index (χ0n) is 13.0. The van der Waals surface area contributed by atoms with Gasteiger partial charge in [-0.1, -0.05) is 38.1 Å². The zero-order valence-corrected chi connectivity index (χ0v) is 13.0. The van der Waals surface area contributed by atoms with Crippen LogP contribution in [-0.4, -0.2) is 31.1 Å². The third-order valence-corrected chi connectivity index (χ3v) is 3.63. The minimum absolute atomic E-state index is 0.331. The normalized spacial score (nSPS) is 13.2. The van der Waals surface area contributed by atoms with Gasteiger partial charge in [-0.15, -0.1) is 0 Å².